The second-order valence-electron chi connectivity index (χ2n) is 4.77. The van der Waals surface area contributed by atoms with E-state index in [1.807, 2.05) is 12.4 Å². The van der Waals surface area contributed by atoms with Crippen LogP contribution in [0.25, 0.3) is 4.96 Å². The summed E-state index contributed by atoms with van der Waals surface area (Å²) in [5.41, 5.74) is 1.34. The first-order chi connectivity index (χ1) is 8.70. The van der Waals surface area contributed by atoms with Crippen molar-refractivity contribution in [1.29, 1.82) is 0 Å². The van der Waals surface area contributed by atoms with Gasteiger partial charge in [-0.05, 0) is 20.5 Å². The third kappa shape index (κ3) is 3.31. The summed E-state index contributed by atoms with van der Waals surface area (Å²) in [4.78, 5) is 7.70. The van der Waals surface area contributed by atoms with Gasteiger partial charge in [-0.15, -0.1) is 11.3 Å². The highest BCUT2D eigenvalue weighted by Crippen LogP contribution is 2.14. The summed E-state index contributed by atoms with van der Waals surface area (Å²) in [6, 6.07) is 0.534. The lowest BCUT2D eigenvalue weighted by Gasteiger charge is -2.20. The number of likely N-dealkylation sites (N-methyl/N-ethyl adjacent to an activating group) is 1. The second-order valence-corrected chi connectivity index (χ2v) is 5.60. The summed E-state index contributed by atoms with van der Waals surface area (Å²) >= 11 is 1.71. The molecule has 0 spiro atoms. The molecule has 0 amide bonds. The highest BCUT2D eigenvalue weighted by atomic mass is 32.1. The molecule has 100 valence electrons. The Hall–Kier alpha value is -0.910. The van der Waals surface area contributed by atoms with E-state index in [0.717, 1.165) is 31.0 Å². The molecule has 0 radical (unpaired) electrons. The molecular formula is C13H22N4S. The molecule has 2 aromatic rings. The number of fused-ring (bicyclic) bond motifs is 1. The lowest BCUT2D eigenvalue weighted by Crippen LogP contribution is -2.38. The second kappa shape index (κ2) is 6.31. The molecule has 0 aliphatic heterocycles. The molecule has 1 N–H and O–H groups in total. The lowest BCUT2D eigenvalue weighted by atomic mass is 10.2. The number of hydrogen-bond donors (Lipinski definition) is 1. The molecule has 2 rings (SSSR count). The van der Waals surface area contributed by atoms with Gasteiger partial charge < -0.3 is 10.2 Å². The molecule has 0 aromatic carbocycles. The van der Waals surface area contributed by atoms with Crippen LogP contribution in [0.4, 0.5) is 0 Å². The van der Waals surface area contributed by atoms with Crippen LogP contribution in [0.2, 0.25) is 0 Å². The standard InChI is InChI=1S/C13H22N4S/c1-4-16(3)9-11(2)14-6-5-12-10-18-13-15-7-8-17(12)13/h7-8,10-11,14H,4-6,9H2,1-3H3. The first-order valence-electron chi connectivity index (χ1n) is 6.52. The average Bonchev–Trinajstić information content (AvgIpc) is 2.93. The SMILES string of the molecule is CCN(C)CC(C)NCCc1csc2nccn12. The third-order valence-corrected chi connectivity index (χ3v) is 4.12. The molecule has 0 fully saturated rings. The van der Waals surface area contributed by atoms with E-state index in [9.17, 15) is 0 Å². The van der Waals surface area contributed by atoms with Crippen LogP contribution in [0.5, 0.6) is 0 Å². The zero-order valence-corrected chi connectivity index (χ0v) is 12.2. The first kappa shape index (κ1) is 13.5. The first-order valence-corrected chi connectivity index (χ1v) is 7.40. The van der Waals surface area contributed by atoms with Crippen LogP contribution in [0.1, 0.15) is 19.5 Å². The molecule has 0 aliphatic carbocycles. The van der Waals surface area contributed by atoms with E-state index in [4.69, 9.17) is 0 Å². The Kier molecular flexibility index (Phi) is 4.74. The van der Waals surface area contributed by atoms with E-state index in [1.165, 1.54) is 5.69 Å². The van der Waals surface area contributed by atoms with Gasteiger partial charge in [0.25, 0.3) is 0 Å². The lowest BCUT2D eigenvalue weighted by molar-refractivity contribution is 0.311. The minimum absolute atomic E-state index is 0.534. The normalized spacial score (nSPS) is 13.6. The Morgan fingerprint density at radius 1 is 1.56 bits per heavy atom. The molecule has 4 nitrogen and oxygen atoms in total. The zero-order chi connectivity index (χ0) is 13.0. The number of aromatic nitrogens is 2. The van der Waals surface area contributed by atoms with Crippen molar-refractivity contribution in [3.8, 4) is 0 Å². The molecule has 0 saturated heterocycles. The molecule has 18 heavy (non-hydrogen) atoms. The number of thiazole rings is 1. The van der Waals surface area contributed by atoms with E-state index in [1.54, 1.807) is 11.3 Å². The molecule has 2 heterocycles. The summed E-state index contributed by atoms with van der Waals surface area (Å²) in [5.74, 6) is 0. The topological polar surface area (TPSA) is 32.6 Å². The van der Waals surface area contributed by atoms with Crippen molar-refractivity contribution in [3.05, 3.63) is 23.5 Å². The van der Waals surface area contributed by atoms with Gasteiger partial charge >= 0.3 is 0 Å². The van der Waals surface area contributed by atoms with Crippen molar-refractivity contribution < 1.29 is 0 Å². The van der Waals surface area contributed by atoms with Gasteiger partial charge in [-0.2, -0.15) is 0 Å². The predicted molar refractivity (Wildman–Crippen MR) is 77.4 cm³/mol. The van der Waals surface area contributed by atoms with Crippen LogP contribution in [0.3, 0.4) is 0 Å². The van der Waals surface area contributed by atoms with Crippen LogP contribution >= 0.6 is 11.3 Å². The van der Waals surface area contributed by atoms with Crippen LogP contribution in [-0.4, -0.2) is 47.0 Å². The minimum atomic E-state index is 0.534. The van der Waals surface area contributed by atoms with Gasteiger partial charge in [0.2, 0.25) is 0 Å². The molecule has 0 aliphatic rings. The molecule has 0 bridgehead atoms. The zero-order valence-electron chi connectivity index (χ0n) is 11.4. The van der Waals surface area contributed by atoms with Crippen molar-refractivity contribution in [2.75, 3.05) is 26.7 Å². The molecule has 1 atom stereocenters. The smallest absolute Gasteiger partial charge is 0.193 e. The highest BCUT2D eigenvalue weighted by molar-refractivity contribution is 7.15. The van der Waals surface area contributed by atoms with Crippen molar-refractivity contribution >= 4 is 16.3 Å². The van der Waals surface area contributed by atoms with Gasteiger partial charge in [-0.25, -0.2) is 4.98 Å². The number of nitrogens with zero attached hydrogens (tertiary/aromatic N) is 3. The Bertz CT molecular complexity index is 476. The number of hydrogen-bond acceptors (Lipinski definition) is 4. The average molecular weight is 266 g/mol. The largest absolute Gasteiger partial charge is 0.313 e. The van der Waals surface area contributed by atoms with E-state index >= 15 is 0 Å². The maximum absolute atomic E-state index is 4.29. The van der Waals surface area contributed by atoms with Gasteiger partial charge in [0.1, 0.15) is 0 Å². The van der Waals surface area contributed by atoms with Gasteiger partial charge in [-0.3, -0.25) is 4.40 Å². The van der Waals surface area contributed by atoms with Crippen LogP contribution in [0.15, 0.2) is 17.8 Å². The number of nitrogens with one attached hydrogen (secondary N) is 1. The van der Waals surface area contributed by atoms with Crippen LogP contribution in [-0.2, 0) is 6.42 Å². The fourth-order valence-electron chi connectivity index (χ4n) is 2.06. The van der Waals surface area contributed by atoms with Crippen molar-refractivity contribution in [3.63, 3.8) is 0 Å². The highest BCUT2D eigenvalue weighted by Gasteiger charge is 2.06. The molecule has 1 unspecified atom stereocenters. The Labute approximate surface area is 113 Å². The van der Waals surface area contributed by atoms with Gasteiger partial charge in [0.05, 0.1) is 0 Å². The molecule has 2 aromatic heterocycles. The van der Waals surface area contributed by atoms with E-state index in [0.29, 0.717) is 6.04 Å². The minimum Gasteiger partial charge on any atom is -0.313 e. The van der Waals surface area contributed by atoms with Gasteiger partial charge in [-0.1, -0.05) is 6.92 Å². The van der Waals surface area contributed by atoms with Crippen LogP contribution in [0, 0.1) is 0 Å². The number of imidazole rings is 1. The Balaban J connectivity index is 1.77. The summed E-state index contributed by atoms with van der Waals surface area (Å²) < 4.78 is 2.18. The summed E-state index contributed by atoms with van der Waals surface area (Å²) in [6.07, 6.45) is 4.95. The van der Waals surface area contributed by atoms with E-state index in [2.05, 4.69) is 45.9 Å². The van der Waals surface area contributed by atoms with Gasteiger partial charge in [0, 0.05) is 49.0 Å². The predicted octanol–water partition coefficient (Wildman–Crippen LogP) is 1.87. The maximum atomic E-state index is 4.29. The summed E-state index contributed by atoms with van der Waals surface area (Å²) in [5, 5.41) is 5.77. The monoisotopic (exact) mass is 266 g/mol. The summed E-state index contributed by atoms with van der Waals surface area (Å²) in [6.45, 7) is 7.65. The fourth-order valence-corrected chi connectivity index (χ4v) is 2.95. The van der Waals surface area contributed by atoms with E-state index < -0.39 is 0 Å². The number of rotatable bonds is 7. The molecule has 0 saturated carbocycles. The Morgan fingerprint density at radius 3 is 3.17 bits per heavy atom. The van der Waals surface area contributed by atoms with E-state index in [-0.39, 0.29) is 0 Å². The van der Waals surface area contributed by atoms with Crippen molar-refractivity contribution in [2.24, 2.45) is 0 Å². The quantitative estimate of drug-likeness (QED) is 0.830. The third-order valence-electron chi connectivity index (χ3n) is 3.22. The molecule has 5 heteroatoms. The molecular weight excluding hydrogens is 244 g/mol. The van der Waals surface area contributed by atoms with Crippen LogP contribution < -0.4 is 5.32 Å². The van der Waals surface area contributed by atoms with Gasteiger partial charge in [0.15, 0.2) is 4.96 Å². The van der Waals surface area contributed by atoms with Crippen molar-refractivity contribution in [2.45, 2.75) is 26.3 Å². The fraction of sp³-hybridized carbons (Fsp3) is 0.615. The Morgan fingerprint density at radius 2 is 2.39 bits per heavy atom. The summed E-state index contributed by atoms with van der Waals surface area (Å²) in [7, 11) is 2.16. The maximum Gasteiger partial charge on any atom is 0.193 e. The van der Waals surface area contributed by atoms with Crippen molar-refractivity contribution in [1.82, 2.24) is 19.6 Å².